The quantitative estimate of drug-likeness (QED) is 0.0273. The maximum absolute atomic E-state index is 14.0. The average Bonchev–Trinajstić information content (AvgIpc) is 3.68. The summed E-state index contributed by atoms with van der Waals surface area (Å²) in [5.41, 5.74) is 8.29. The number of fused-ring (bicyclic) bond motifs is 1. The van der Waals surface area contributed by atoms with Crippen LogP contribution in [-0.4, -0.2) is 183 Å². The zero-order valence-electron chi connectivity index (χ0n) is 48.8. The van der Waals surface area contributed by atoms with E-state index >= 15 is 0 Å². The number of nitrogens with zero attached hydrogens (tertiary/aromatic N) is 6. The third kappa shape index (κ3) is 17.4. The summed E-state index contributed by atoms with van der Waals surface area (Å²) < 4.78 is 33.9. The first-order valence-corrected chi connectivity index (χ1v) is 29.8. The minimum atomic E-state index is -0.936. The first-order valence-electron chi connectivity index (χ1n) is 28.6. The van der Waals surface area contributed by atoms with E-state index in [4.69, 9.17) is 45.0 Å². The number of para-hydroxylation sites is 1. The minimum absolute atomic E-state index is 0.00987. The smallest absolute Gasteiger partial charge is 0.246 e. The number of aryl methyl sites for hydroxylation is 1. The SMILES string of the molecule is COc1cc(N2CCC(N(C)C(=O)CCOCCOCCOCCOCCOCCC(=O)N[C@H](C(=O)N3C[C@H](O)C[C@H]3C(=O)NCc3ccc(-c4scnc4C)cc3)C(C)(C)C)CC2)ccc1Nc1ncc(Cl)c(-c2c[nH]c3ccccc23)n1. The van der Waals surface area contributed by atoms with Crippen LogP contribution in [0.2, 0.25) is 5.02 Å². The molecule has 0 bridgehead atoms. The van der Waals surface area contributed by atoms with Crippen molar-refractivity contribution in [2.45, 2.75) is 90.6 Å². The van der Waals surface area contributed by atoms with Crippen molar-refractivity contribution < 1.29 is 52.7 Å². The van der Waals surface area contributed by atoms with Crippen molar-refractivity contribution >= 4 is 74.8 Å². The summed E-state index contributed by atoms with van der Waals surface area (Å²) in [6.07, 6.45) is 4.70. The molecule has 2 fully saturated rings. The summed E-state index contributed by atoms with van der Waals surface area (Å²) in [5.74, 6) is -0.0709. The molecule has 6 aromatic rings. The first kappa shape index (κ1) is 63.3. The Morgan fingerprint density at radius 2 is 1.52 bits per heavy atom. The third-order valence-electron chi connectivity index (χ3n) is 14.9. The lowest BCUT2D eigenvalue weighted by Gasteiger charge is -2.38. The lowest BCUT2D eigenvalue weighted by atomic mass is 9.85. The van der Waals surface area contributed by atoms with Gasteiger partial charge in [-0.15, -0.1) is 11.3 Å². The van der Waals surface area contributed by atoms with Crippen LogP contribution in [-0.2, 0) is 49.4 Å². The van der Waals surface area contributed by atoms with Gasteiger partial charge in [0.05, 0.1) is 124 Å². The average molecular weight is 1200 g/mol. The Labute approximate surface area is 500 Å². The molecule has 5 heterocycles. The van der Waals surface area contributed by atoms with Crippen molar-refractivity contribution in [2.24, 2.45) is 5.41 Å². The number of ether oxygens (including phenoxy) is 6. The van der Waals surface area contributed by atoms with Crippen LogP contribution in [0.15, 0.2) is 84.6 Å². The van der Waals surface area contributed by atoms with Crippen molar-refractivity contribution in [3.05, 3.63) is 101 Å². The van der Waals surface area contributed by atoms with Crippen LogP contribution in [0.5, 0.6) is 5.75 Å². The molecule has 3 atom stereocenters. The molecule has 2 aliphatic rings. The molecule has 2 aliphatic heterocycles. The first-order chi connectivity index (χ1) is 40.6. The van der Waals surface area contributed by atoms with Gasteiger partial charge >= 0.3 is 0 Å². The number of likely N-dealkylation sites (tertiary alicyclic amines) is 1. The van der Waals surface area contributed by atoms with Gasteiger partial charge in [-0.25, -0.2) is 15.0 Å². The molecule has 0 unspecified atom stereocenters. The Bertz CT molecular complexity index is 3110. The van der Waals surface area contributed by atoms with Crippen molar-refractivity contribution in [3.8, 4) is 27.4 Å². The second-order valence-corrected chi connectivity index (χ2v) is 23.1. The Morgan fingerprint density at radius 3 is 2.17 bits per heavy atom. The fourth-order valence-electron chi connectivity index (χ4n) is 10.2. The zero-order chi connectivity index (χ0) is 59.6. The highest BCUT2D eigenvalue weighted by Gasteiger charge is 2.44. The number of nitrogens with one attached hydrogen (secondary N) is 4. The number of methoxy groups -OCH3 is 1. The highest BCUT2D eigenvalue weighted by molar-refractivity contribution is 7.13. The molecular weight excluding hydrogens is 1120 g/mol. The summed E-state index contributed by atoms with van der Waals surface area (Å²) in [4.78, 5) is 77.0. The Hall–Kier alpha value is -6.76. The highest BCUT2D eigenvalue weighted by atomic mass is 35.5. The van der Waals surface area contributed by atoms with Gasteiger partial charge in [0.25, 0.3) is 0 Å². The van der Waals surface area contributed by atoms with E-state index in [1.165, 1.54) is 4.90 Å². The summed E-state index contributed by atoms with van der Waals surface area (Å²) in [6.45, 7) is 12.6. The molecule has 4 amide bonds. The van der Waals surface area contributed by atoms with Crippen molar-refractivity contribution in [2.75, 3.05) is 110 Å². The Morgan fingerprint density at radius 1 is 0.869 bits per heavy atom. The fourth-order valence-corrected chi connectivity index (χ4v) is 11.2. The number of benzene rings is 3. The molecule has 2 saturated heterocycles. The highest BCUT2D eigenvalue weighted by Crippen LogP contribution is 2.36. The van der Waals surface area contributed by atoms with Crippen molar-refractivity contribution in [3.63, 3.8) is 0 Å². The second kappa shape index (κ2) is 30.9. The number of hydrogen-bond acceptors (Lipinski definition) is 17. The van der Waals surface area contributed by atoms with E-state index in [2.05, 4.69) is 35.8 Å². The molecule has 3 aromatic heterocycles. The number of carbonyl (C=O) groups excluding carboxylic acids is 4. The topological polar surface area (TPSA) is 244 Å². The number of halogens is 1. The van der Waals surface area contributed by atoms with Crippen LogP contribution >= 0.6 is 22.9 Å². The number of aromatic amines is 1. The molecule has 23 heteroatoms. The number of piperidine rings is 1. The van der Waals surface area contributed by atoms with Gasteiger partial charge in [0.15, 0.2) is 0 Å². The molecule has 0 aliphatic carbocycles. The zero-order valence-corrected chi connectivity index (χ0v) is 50.4. The molecule has 0 spiro atoms. The van der Waals surface area contributed by atoms with Crippen molar-refractivity contribution in [1.82, 2.24) is 40.4 Å². The summed E-state index contributed by atoms with van der Waals surface area (Å²) >= 11 is 8.14. The van der Waals surface area contributed by atoms with E-state index in [-0.39, 0.29) is 69.3 Å². The van der Waals surface area contributed by atoms with Crippen LogP contribution in [0.4, 0.5) is 17.3 Å². The molecule has 452 valence electrons. The van der Waals surface area contributed by atoms with E-state index in [0.717, 1.165) is 75.5 Å². The number of thiazole rings is 1. The molecule has 8 rings (SSSR count). The lowest BCUT2D eigenvalue weighted by Crippen LogP contribution is -2.57. The molecule has 3 aromatic carbocycles. The molecule has 0 saturated carbocycles. The predicted octanol–water partition coefficient (Wildman–Crippen LogP) is 7.56. The van der Waals surface area contributed by atoms with Gasteiger partial charge in [0.2, 0.25) is 29.6 Å². The van der Waals surface area contributed by atoms with Gasteiger partial charge in [-0.3, -0.25) is 19.2 Å². The van der Waals surface area contributed by atoms with E-state index in [1.807, 2.05) is 118 Å². The molecule has 0 radical (unpaired) electrons. The van der Waals surface area contributed by atoms with Gasteiger partial charge in [0, 0.05) is 86.5 Å². The van der Waals surface area contributed by atoms with Crippen LogP contribution in [0.25, 0.3) is 32.6 Å². The number of aliphatic hydroxyl groups is 1. The van der Waals surface area contributed by atoms with Crippen LogP contribution < -0.4 is 25.6 Å². The number of aliphatic hydroxyl groups excluding tert-OH is 1. The standard InChI is InChI=1S/C61H79ClN10O11S/c1-40-56(84-39-66-40)42-13-11-41(12-14-42)35-64-58(76)51-34-45(73)38-72(51)59(77)57(61(2,3)4)68-53(74)19-23-79-25-27-81-29-31-83-32-30-82-28-26-80-24-20-54(75)70(5)43-17-21-71(22-18-43)44-15-16-50(52(33-44)78-6)67-60-65-37-48(62)55(69-60)47-36-63-49-10-8-7-9-46(47)49/h7-16,33,36-37,39,43,45,51,57,63,73H,17-32,34-35,38H2,1-6H3,(H,64,76)(H,68,74)(H,65,67,69)/t45-,51+,57-/m1/s1. The van der Waals surface area contributed by atoms with Crippen LogP contribution in [0, 0.1) is 12.3 Å². The van der Waals surface area contributed by atoms with E-state index in [9.17, 15) is 24.3 Å². The predicted molar refractivity (Wildman–Crippen MR) is 324 cm³/mol. The lowest BCUT2D eigenvalue weighted by molar-refractivity contribution is -0.144. The van der Waals surface area contributed by atoms with Crippen LogP contribution in [0.3, 0.4) is 0 Å². The summed E-state index contributed by atoms with van der Waals surface area (Å²) in [6, 6.07) is 20.2. The number of aromatic nitrogens is 4. The molecule has 21 nitrogen and oxygen atoms in total. The van der Waals surface area contributed by atoms with Gasteiger partial charge in [-0.1, -0.05) is 74.8 Å². The van der Waals surface area contributed by atoms with Gasteiger partial charge in [0.1, 0.15) is 17.8 Å². The number of β-amino-alcohol motifs (C(OH)–C–C–N with tert-alkyl or cyclic N) is 1. The minimum Gasteiger partial charge on any atom is -0.494 e. The van der Waals surface area contributed by atoms with Gasteiger partial charge < -0.3 is 69.2 Å². The van der Waals surface area contributed by atoms with E-state index in [1.54, 1.807) is 24.6 Å². The van der Waals surface area contributed by atoms with Gasteiger partial charge in [-0.05, 0) is 54.5 Å². The molecule has 5 N–H and O–H groups in total. The number of rotatable bonds is 30. The van der Waals surface area contributed by atoms with Gasteiger partial charge in [-0.2, -0.15) is 0 Å². The summed E-state index contributed by atoms with van der Waals surface area (Å²) in [5, 5.41) is 21.1. The number of carbonyl (C=O) groups is 4. The second-order valence-electron chi connectivity index (χ2n) is 21.9. The number of H-pyrrole nitrogens is 1. The number of anilines is 3. The van der Waals surface area contributed by atoms with E-state index in [0.29, 0.717) is 75.3 Å². The van der Waals surface area contributed by atoms with Crippen LogP contribution in [0.1, 0.15) is 64.1 Å². The molecular formula is C61H79ClN10O11S. The monoisotopic (exact) mass is 1190 g/mol. The fraction of sp³-hybridized carbons (Fsp3) is 0.492. The Kier molecular flexibility index (Phi) is 23.3. The number of amides is 4. The normalized spacial score (nSPS) is 16.0. The van der Waals surface area contributed by atoms with E-state index < -0.39 is 29.5 Å². The maximum Gasteiger partial charge on any atom is 0.246 e. The maximum atomic E-state index is 14.0. The number of hydrogen-bond donors (Lipinski definition) is 5. The van der Waals surface area contributed by atoms with Crippen molar-refractivity contribution in [1.29, 1.82) is 0 Å². The largest absolute Gasteiger partial charge is 0.494 e. The Balaban J connectivity index is 0.621. The third-order valence-corrected chi connectivity index (χ3v) is 16.2. The summed E-state index contributed by atoms with van der Waals surface area (Å²) in [7, 11) is 3.50. The molecule has 84 heavy (non-hydrogen) atoms.